The quantitative estimate of drug-likeness (QED) is 0.463. The van der Waals surface area contributed by atoms with Gasteiger partial charge in [0.1, 0.15) is 0 Å². The van der Waals surface area contributed by atoms with Crippen LogP contribution >= 0.6 is 33.9 Å². The van der Waals surface area contributed by atoms with Crippen molar-refractivity contribution in [3.05, 3.63) is 4.80 Å². The number of nitrogens with one attached hydrogen (secondary N) is 1. The van der Waals surface area contributed by atoms with Crippen LogP contribution in [0.2, 0.25) is 0 Å². The fourth-order valence-electron chi connectivity index (χ4n) is 0.862. The van der Waals surface area contributed by atoms with Crippen molar-refractivity contribution in [3.8, 4) is 0 Å². The van der Waals surface area contributed by atoms with Gasteiger partial charge in [0.05, 0.1) is 6.54 Å². The number of aromatic nitrogens is 2. The standard InChI is InChI=1S/C6H11N3O3S4/c1-2-13-6-8-9(5(7)15-6)3-4-14-16(10,11)12/h7H,2-4H2,1H3,(H,10,11,12). The Hall–Kier alpha value is -0.0300. The van der Waals surface area contributed by atoms with Crippen LogP contribution in [-0.4, -0.2) is 34.3 Å². The predicted molar refractivity (Wildman–Crippen MR) is 66.4 cm³/mol. The number of nitrogens with zero attached hydrogens (tertiary/aromatic N) is 2. The molecule has 0 aromatic carbocycles. The summed E-state index contributed by atoms with van der Waals surface area (Å²) in [6, 6.07) is 0. The maximum Gasteiger partial charge on any atom is 0.319 e. The largest absolute Gasteiger partial charge is 0.319 e. The number of rotatable bonds is 6. The van der Waals surface area contributed by atoms with E-state index in [2.05, 4.69) is 5.10 Å². The molecule has 6 nitrogen and oxygen atoms in total. The van der Waals surface area contributed by atoms with Crippen LogP contribution in [-0.2, 0) is 15.7 Å². The van der Waals surface area contributed by atoms with Crippen LogP contribution in [0.25, 0.3) is 0 Å². The van der Waals surface area contributed by atoms with Crippen LogP contribution in [0.15, 0.2) is 4.34 Å². The van der Waals surface area contributed by atoms with E-state index in [1.807, 2.05) is 6.92 Å². The van der Waals surface area contributed by atoms with Gasteiger partial charge in [0.15, 0.2) is 4.34 Å². The molecular weight excluding hydrogens is 290 g/mol. The molecule has 10 heteroatoms. The van der Waals surface area contributed by atoms with E-state index in [4.69, 9.17) is 9.96 Å². The first-order valence-electron chi connectivity index (χ1n) is 4.29. The summed E-state index contributed by atoms with van der Waals surface area (Å²) in [4.78, 5) is 0.284. The van der Waals surface area contributed by atoms with Crippen LogP contribution in [0.1, 0.15) is 6.92 Å². The van der Waals surface area contributed by atoms with Crippen molar-refractivity contribution < 1.29 is 13.0 Å². The Morgan fingerprint density at radius 3 is 2.88 bits per heavy atom. The molecule has 0 saturated heterocycles. The van der Waals surface area contributed by atoms with E-state index in [1.54, 1.807) is 11.8 Å². The maximum absolute atomic E-state index is 10.5. The van der Waals surface area contributed by atoms with Crippen molar-refractivity contribution in [1.29, 1.82) is 5.41 Å². The Balaban J connectivity index is 2.57. The van der Waals surface area contributed by atoms with Gasteiger partial charge in [0.25, 0.3) is 0 Å². The third kappa shape index (κ3) is 4.87. The SMILES string of the molecule is CCSc1nn(CCSS(=O)(=O)O)c(=N)s1. The van der Waals surface area contributed by atoms with E-state index in [1.165, 1.54) is 16.0 Å². The van der Waals surface area contributed by atoms with Gasteiger partial charge in [-0.1, -0.05) is 30.0 Å². The Morgan fingerprint density at radius 2 is 2.31 bits per heavy atom. The summed E-state index contributed by atoms with van der Waals surface area (Å²) in [6.07, 6.45) is 0. The van der Waals surface area contributed by atoms with Gasteiger partial charge in [-0.05, 0) is 16.5 Å². The first-order valence-corrected chi connectivity index (χ1v) is 9.04. The second-order valence-electron chi connectivity index (χ2n) is 2.58. The van der Waals surface area contributed by atoms with Gasteiger partial charge in [-0.2, -0.15) is 13.5 Å². The molecular formula is C6H11N3O3S4. The lowest BCUT2D eigenvalue weighted by Gasteiger charge is -1.98. The van der Waals surface area contributed by atoms with E-state index < -0.39 is 9.15 Å². The lowest BCUT2D eigenvalue weighted by atomic mass is 10.8. The van der Waals surface area contributed by atoms with E-state index >= 15 is 0 Å². The van der Waals surface area contributed by atoms with Crippen LogP contribution in [0.4, 0.5) is 0 Å². The van der Waals surface area contributed by atoms with Gasteiger partial charge in [-0.25, -0.2) is 4.68 Å². The molecule has 0 saturated carbocycles. The smallest absolute Gasteiger partial charge is 0.277 e. The Bertz CT molecular complexity index is 491. The average Bonchev–Trinajstić information content (AvgIpc) is 2.45. The van der Waals surface area contributed by atoms with E-state index in [0.717, 1.165) is 10.1 Å². The van der Waals surface area contributed by atoms with Crippen molar-refractivity contribution in [2.75, 3.05) is 11.5 Å². The number of hydrogen-bond donors (Lipinski definition) is 2. The molecule has 0 amide bonds. The van der Waals surface area contributed by atoms with Crippen LogP contribution in [0.5, 0.6) is 0 Å². The summed E-state index contributed by atoms with van der Waals surface area (Å²) < 4.78 is 31.6. The molecule has 16 heavy (non-hydrogen) atoms. The Morgan fingerprint density at radius 1 is 1.62 bits per heavy atom. The molecule has 1 aromatic heterocycles. The highest BCUT2D eigenvalue weighted by Gasteiger charge is 2.07. The fraction of sp³-hybridized carbons (Fsp3) is 0.667. The summed E-state index contributed by atoms with van der Waals surface area (Å²) >= 11 is 2.80. The lowest BCUT2D eigenvalue weighted by Crippen LogP contribution is -2.16. The Labute approximate surface area is 105 Å². The third-order valence-electron chi connectivity index (χ3n) is 1.42. The minimum absolute atomic E-state index is 0.176. The lowest BCUT2D eigenvalue weighted by molar-refractivity contribution is 0.502. The summed E-state index contributed by atoms with van der Waals surface area (Å²) in [7, 11) is -3.56. The molecule has 92 valence electrons. The molecule has 0 radical (unpaired) electrons. The van der Waals surface area contributed by atoms with Crippen molar-refractivity contribution in [2.45, 2.75) is 17.8 Å². The summed E-state index contributed by atoms with van der Waals surface area (Å²) in [5, 5.41) is 11.7. The van der Waals surface area contributed by atoms with Crippen LogP contribution < -0.4 is 4.80 Å². The first-order chi connectivity index (χ1) is 7.42. The number of hydrogen-bond acceptors (Lipinski definition) is 7. The van der Waals surface area contributed by atoms with Crippen molar-refractivity contribution in [3.63, 3.8) is 0 Å². The molecule has 1 rings (SSSR count). The second kappa shape index (κ2) is 6.05. The van der Waals surface area contributed by atoms with Crippen LogP contribution in [0, 0.1) is 5.41 Å². The van der Waals surface area contributed by atoms with E-state index in [0.29, 0.717) is 17.3 Å². The predicted octanol–water partition coefficient (Wildman–Crippen LogP) is 1.07. The Kier molecular flexibility index (Phi) is 5.31. The molecule has 1 aromatic rings. The van der Waals surface area contributed by atoms with Gasteiger partial charge < -0.3 is 0 Å². The molecule has 0 atom stereocenters. The monoisotopic (exact) mass is 301 g/mol. The van der Waals surface area contributed by atoms with Crippen molar-refractivity contribution >= 4 is 43.0 Å². The third-order valence-corrected chi connectivity index (χ3v) is 5.35. The molecule has 0 aliphatic heterocycles. The summed E-state index contributed by atoms with van der Waals surface area (Å²) in [5.74, 6) is 1.06. The van der Waals surface area contributed by atoms with Gasteiger partial charge in [-0.3, -0.25) is 9.96 Å². The normalized spacial score (nSPS) is 11.9. The maximum atomic E-state index is 10.5. The zero-order valence-corrected chi connectivity index (χ0v) is 11.7. The second-order valence-corrected chi connectivity index (χ2v) is 8.54. The topological polar surface area (TPSA) is 96.0 Å². The highest BCUT2D eigenvalue weighted by atomic mass is 33.1. The first kappa shape index (κ1) is 14.0. The molecule has 0 unspecified atom stereocenters. The highest BCUT2D eigenvalue weighted by Crippen LogP contribution is 2.17. The van der Waals surface area contributed by atoms with Crippen molar-refractivity contribution in [2.24, 2.45) is 0 Å². The minimum atomic E-state index is -4.00. The van der Waals surface area contributed by atoms with E-state index in [-0.39, 0.29) is 10.6 Å². The van der Waals surface area contributed by atoms with Gasteiger partial charge in [-0.15, -0.1) is 0 Å². The van der Waals surface area contributed by atoms with Gasteiger partial charge >= 0.3 is 9.15 Å². The minimum Gasteiger partial charge on any atom is -0.277 e. The zero-order chi connectivity index (χ0) is 12.2. The molecule has 2 N–H and O–H groups in total. The number of aryl methyl sites for hydroxylation is 1. The van der Waals surface area contributed by atoms with Crippen LogP contribution in [0.3, 0.4) is 0 Å². The van der Waals surface area contributed by atoms with Crippen molar-refractivity contribution in [1.82, 2.24) is 9.78 Å². The molecule has 0 aliphatic carbocycles. The fourth-order valence-corrected chi connectivity index (χ4v) is 3.95. The number of thioether (sulfide) groups is 1. The van der Waals surface area contributed by atoms with Gasteiger partial charge in [0, 0.05) is 5.75 Å². The summed E-state index contributed by atoms with van der Waals surface area (Å²) in [5.41, 5.74) is 0. The molecule has 0 aliphatic rings. The molecule has 0 bridgehead atoms. The van der Waals surface area contributed by atoms with E-state index in [9.17, 15) is 8.42 Å². The zero-order valence-electron chi connectivity index (χ0n) is 8.41. The summed E-state index contributed by atoms with van der Waals surface area (Å²) in [6.45, 7) is 2.29. The molecule has 1 heterocycles. The highest BCUT2D eigenvalue weighted by molar-refractivity contribution is 8.69. The molecule has 0 spiro atoms. The van der Waals surface area contributed by atoms with Gasteiger partial charge in [0.2, 0.25) is 4.80 Å². The molecule has 0 fully saturated rings. The average molecular weight is 301 g/mol.